The molecule has 0 aromatic heterocycles. The summed E-state index contributed by atoms with van der Waals surface area (Å²) < 4.78 is 0. The van der Waals surface area contributed by atoms with Crippen molar-refractivity contribution in [3.63, 3.8) is 0 Å². The molecule has 0 aliphatic rings. The average Bonchev–Trinajstić information content (AvgIpc) is 2.10. The summed E-state index contributed by atoms with van der Waals surface area (Å²) in [6.45, 7) is 4.32. The maximum Gasteiger partial charge on any atom is 0.304 e. The lowest BCUT2D eigenvalue weighted by atomic mass is 9.91. The fraction of sp³-hybridized carbons (Fsp3) is 0.909. The van der Waals surface area contributed by atoms with Crippen molar-refractivity contribution >= 4 is 5.97 Å². The smallest absolute Gasteiger partial charge is 0.304 e. The first-order chi connectivity index (χ1) is 6.60. The summed E-state index contributed by atoms with van der Waals surface area (Å²) in [5.74, 6) is -0.188. The number of nitrogens with two attached hydrogens (primary N) is 1. The van der Waals surface area contributed by atoms with Crippen molar-refractivity contribution in [3.05, 3.63) is 0 Å². The molecule has 0 radical (unpaired) electrons. The summed E-state index contributed by atoms with van der Waals surface area (Å²) in [6, 6.07) is -0.172. The van der Waals surface area contributed by atoms with Gasteiger partial charge in [0.05, 0.1) is 6.42 Å². The third-order valence-electron chi connectivity index (χ3n) is 2.62. The molecule has 0 bridgehead atoms. The first kappa shape index (κ1) is 13.4. The third kappa shape index (κ3) is 6.89. The van der Waals surface area contributed by atoms with Gasteiger partial charge in [0, 0.05) is 6.04 Å². The van der Waals surface area contributed by atoms with E-state index in [1.807, 2.05) is 0 Å². The van der Waals surface area contributed by atoms with E-state index in [-0.39, 0.29) is 12.5 Å². The molecule has 0 heterocycles. The first-order valence-electron chi connectivity index (χ1n) is 5.57. The van der Waals surface area contributed by atoms with Gasteiger partial charge in [-0.15, -0.1) is 0 Å². The highest BCUT2D eigenvalue weighted by Gasteiger charge is 2.13. The Balaban J connectivity index is 3.73. The second kappa shape index (κ2) is 7.80. The van der Waals surface area contributed by atoms with E-state index in [4.69, 9.17) is 10.8 Å². The van der Waals surface area contributed by atoms with Crippen LogP contribution < -0.4 is 5.73 Å². The zero-order valence-electron chi connectivity index (χ0n) is 9.33. The molecule has 2 atom stereocenters. The van der Waals surface area contributed by atoms with Crippen molar-refractivity contribution < 1.29 is 9.90 Å². The minimum atomic E-state index is -0.789. The third-order valence-corrected chi connectivity index (χ3v) is 2.62. The number of aliphatic carboxylic acids is 1. The number of hydrogen-bond acceptors (Lipinski definition) is 2. The second-order valence-electron chi connectivity index (χ2n) is 4.01. The fourth-order valence-electron chi connectivity index (χ4n) is 1.72. The lowest BCUT2D eigenvalue weighted by Crippen LogP contribution is -2.26. The normalized spacial score (nSPS) is 15.1. The monoisotopic (exact) mass is 201 g/mol. The molecule has 3 nitrogen and oxygen atoms in total. The van der Waals surface area contributed by atoms with Gasteiger partial charge < -0.3 is 10.8 Å². The van der Waals surface area contributed by atoms with Gasteiger partial charge in [-0.3, -0.25) is 4.79 Å². The van der Waals surface area contributed by atoms with Gasteiger partial charge in [-0.25, -0.2) is 0 Å². The molecular formula is C11H23NO2. The summed E-state index contributed by atoms with van der Waals surface area (Å²) in [6.07, 6.45) is 5.65. The predicted octanol–water partition coefficient (Wildman–Crippen LogP) is 2.39. The molecule has 0 aliphatic heterocycles. The van der Waals surface area contributed by atoms with Crippen LogP contribution in [-0.4, -0.2) is 17.1 Å². The Morgan fingerprint density at radius 1 is 1.43 bits per heavy atom. The largest absolute Gasteiger partial charge is 0.481 e. The molecule has 0 saturated carbocycles. The van der Waals surface area contributed by atoms with Gasteiger partial charge >= 0.3 is 5.97 Å². The maximum atomic E-state index is 10.4. The van der Waals surface area contributed by atoms with E-state index < -0.39 is 5.97 Å². The molecule has 0 fully saturated rings. The quantitative estimate of drug-likeness (QED) is 0.633. The van der Waals surface area contributed by atoms with E-state index in [0.717, 1.165) is 12.8 Å². The molecule has 0 amide bonds. The summed E-state index contributed by atoms with van der Waals surface area (Å²) in [4.78, 5) is 10.4. The molecule has 3 N–H and O–H groups in total. The minimum absolute atomic E-state index is 0.0998. The number of unbranched alkanes of at least 4 members (excludes halogenated alkanes) is 1. The van der Waals surface area contributed by atoms with Crippen molar-refractivity contribution in [2.45, 2.75) is 58.4 Å². The maximum absolute atomic E-state index is 10.4. The predicted molar refractivity (Wildman–Crippen MR) is 58.2 cm³/mol. The lowest BCUT2D eigenvalue weighted by molar-refractivity contribution is -0.137. The van der Waals surface area contributed by atoms with Gasteiger partial charge in [0.25, 0.3) is 0 Å². The van der Waals surface area contributed by atoms with Gasteiger partial charge in [-0.1, -0.05) is 39.5 Å². The molecule has 0 aromatic carbocycles. The zero-order valence-corrected chi connectivity index (χ0v) is 9.33. The Morgan fingerprint density at radius 2 is 2.07 bits per heavy atom. The van der Waals surface area contributed by atoms with Gasteiger partial charge in [0.2, 0.25) is 0 Å². The van der Waals surface area contributed by atoms with Crippen LogP contribution in [0.25, 0.3) is 0 Å². The Bertz CT molecular complexity index is 159. The van der Waals surface area contributed by atoms with Gasteiger partial charge in [-0.05, 0) is 12.3 Å². The fourth-order valence-corrected chi connectivity index (χ4v) is 1.72. The molecule has 0 aliphatic carbocycles. The van der Waals surface area contributed by atoms with E-state index in [9.17, 15) is 4.79 Å². The number of carboxylic acid groups (broad SMARTS) is 1. The van der Waals surface area contributed by atoms with Gasteiger partial charge in [0.1, 0.15) is 0 Å². The van der Waals surface area contributed by atoms with Crippen molar-refractivity contribution in [3.8, 4) is 0 Å². The highest BCUT2D eigenvalue weighted by atomic mass is 16.4. The van der Waals surface area contributed by atoms with Crippen LogP contribution in [0.15, 0.2) is 0 Å². The molecule has 0 rings (SSSR count). The van der Waals surface area contributed by atoms with E-state index in [1.54, 1.807) is 0 Å². The van der Waals surface area contributed by atoms with Crippen LogP contribution >= 0.6 is 0 Å². The van der Waals surface area contributed by atoms with Crippen LogP contribution in [0.2, 0.25) is 0 Å². The Kier molecular flexibility index (Phi) is 7.48. The van der Waals surface area contributed by atoms with E-state index >= 15 is 0 Å². The lowest BCUT2D eigenvalue weighted by Gasteiger charge is -2.18. The molecule has 0 aromatic rings. The standard InChI is InChI=1S/C11H23NO2/c1-3-5-6-9(4-2)7-10(12)8-11(13)14/h9-10H,3-8,12H2,1-2H3,(H,13,14). The Hall–Kier alpha value is -0.570. The number of rotatable bonds is 8. The average molecular weight is 201 g/mol. The van der Waals surface area contributed by atoms with Crippen LogP contribution in [0, 0.1) is 5.92 Å². The summed E-state index contributed by atoms with van der Waals surface area (Å²) >= 11 is 0. The van der Waals surface area contributed by atoms with Crippen molar-refractivity contribution in [1.29, 1.82) is 0 Å². The summed E-state index contributed by atoms with van der Waals surface area (Å²) in [7, 11) is 0. The van der Waals surface area contributed by atoms with Crippen molar-refractivity contribution in [2.75, 3.05) is 0 Å². The van der Waals surface area contributed by atoms with Crippen LogP contribution in [0.4, 0.5) is 0 Å². The highest BCUT2D eigenvalue weighted by molar-refractivity contribution is 5.67. The molecule has 2 unspecified atom stereocenters. The highest BCUT2D eigenvalue weighted by Crippen LogP contribution is 2.18. The summed E-state index contributed by atoms with van der Waals surface area (Å²) in [5, 5.41) is 8.57. The second-order valence-corrected chi connectivity index (χ2v) is 4.01. The van der Waals surface area contributed by atoms with E-state index in [1.165, 1.54) is 19.3 Å². The van der Waals surface area contributed by atoms with Crippen LogP contribution in [-0.2, 0) is 4.79 Å². The van der Waals surface area contributed by atoms with Crippen molar-refractivity contribution in [2.24, 2.45) is 11.7 Å². The van der Waals surface area contributed by atoms with Crippen molar-refractivity contribution in [1.82, 2.24) is 0 Å². The molecule has 0 spiro atoms. The Morgan fingerprint density at radius 3 is 2.50 bits per heavy atom. The first-order valence-corrected chi connectivity index (χ1v) is 5.57. The molecule has 0 saturated heterocycles. The minimum Gasteiger partial charge on any atom is -0.481 e. The molecule has 3 heteroatoms. The van der Waals surface area contributed by atoms with Crippen LogP contribution in [0.5, 0.6) is 0 Å². The SMILES string of the molecule is CCCCC(CC)CC(N)CC(=O)O. The number of carbonyl (C=O) groups is 1. The topological polar surface area (TPSA) is 63.3 Å². The number of carboxylic acids is 1. The van der Waals surface area contributed by atoms with Crippen LogP contribution in [0.3, 0.4) is 0 Å². The summed E-state index contributed by atoms with van der Waals surface area (Å²) in [5.41, 5.74) is 5.74. The van der Waals surface area contributed by atoms with Gasteiger partial charge in [-0.2, -0.15) is 0 Å². The van der Waals surface area contributed by atoms with E-state index in [0.29, 0.717) is 5.92 Å². The molecule has 84 valence electrons. The van der Waals surface area contributed by atoms with Gasteiger partial charge in [0.15, 0.2) is 0 Å². The molecular weight excluding hydrogens is 178 g/mol. The van der Waals surface area contributed by atoms with E-state index in [2.05, 4.69) is 13.8 Å². The zero-order chi connectivity index (χ0) is 11.0. The van der Waals surface area contributed by atoms with Crippen LogP contribution in [0.1, 0.15) is 52.4 Å². The molecule has 14 heavy (non-hydrogen) atoms. The number of hydrogen-bond donors (Lipinski definition) is 2. The Labute approximate surface area is 86.7 Å².